The van der Waals surface area contributed by atoms with Crippen molar-refractivity contribution in [2.45, 2.75) is 12.6 Å². The van der Waals surface area contributed by atoms with E-state index in [0.717, 1.165) is 44.6 Å². The van der Waals surface area contributed by atoms with Crippen LogP contribution >= 0.6 is 0 Å². The van der Waals surface area contributed by atoms with Crippen molar-refractivity contribution < 1.29 is 0 Å². The van der Waals surface area contributed by atoms with E-state index < -0.39 is 6.17 Å². The van der Waals surface area contributed by atoms with Gasteiger partial charge in [0.25, 0.3) is 0 Å². The highest BCUT2D eigenvalue weighted by atomic mass is 15.0. The molecule has 0 aliphatic heterocycles. The van der Waals surface area contributed by atoms with Crippen LogP contribution < -0.4 is 11.1 Å². The third-order valence-electron chi connectivity index (χ3n) is 11.7. The van der Waals surface area contributed by atoms with Gasteiger partial charge in [0.15, 0.2) is 0 Å². The molecule has 60 heavy (non-hydrogen) atoms. The van der Waals surface area contributed by atoms with Gasteiger partial charge in [-0.25, -0.2) is 0 Å². The van der Waals surface area contributed by atoms with Crippen molar-refractivity contribution in [1.29, 1.82) is 0 Å². The van der Waals surface area contributed by atoms with Crippen LogP contribution in [0.2, 0.25) is 0 Å². The van der Waals surface area contributed by atoms with E-state index in [2.05, 4.69) is 236 Å². The highest BCUT2D eigenvalue weighted by Gasteiger charge is 2.19. The van der Waals surface area contributed by atoms with Crippen LogP contribution in [0.1, 0.15) is 22.9 Å². The first-order chi connectivity index (χ1) is 29.7. The first kappa shape index (κ1) is 36.8. The fourth-order valence-corrected chi connectivity index (χ4v) is 8.82. The number of rotatable bonds is 10. The summed E-state index contributed by atoms with van der Waals surface area (Å²) in [6, 6.07) is 80.5. The zero-order valence-corrected chi connectivity index (χ0v) is 33.3. The van der Waals surface area contributed by atoms with Crippen molar-refractivity contribution in [3.8, 4) is 44.5 Å². The monoisotopic (exact) mass is 768 g/mol. The van der Waals surface area contributed by atoms with Crippen molar-refractivity contribution >= 4 is 38.0 Å². The predicted octanol–water partition coefficient (Wildman–Crippen LogP) is 14.6. The molecule has 10 rings (SSSR count). The van der Waals surface area contributed by atoms with Gasteiger partial charge in [0, 0.05) is 5.70 Å². The molecule has 1 unspecified atom stereocenters. The molecule has 0 aliphatic rings. The minimum absolute atomic E-state index is 0.495. The average Bonchev–Trinajstić information content (AvgIpc) is 3.32. The Labute approximate surface area is 351 Å². The maximum Gasteiger partial charge on any atom is 0.101 e. The van der Waals surface area contributed by atoms with Crippen molar-refractivity contribution in [2.24, 2.45) is 5.73 Å². The third kappa shape index (κ3) is 7.26. The Morgan fingerprint density at radius 1 is 0.417 bits per heavy atom. The predicted molar refractivity (Wildman–Crippen MR) is 255 cm³/mol. The molecule has 0 aliphatic carbocycles. The topological polar surface area (TPSA) is 38.0 Å². The van der Waals surface area contributed by atoms with E-state index in [0.29, 0.717) is 6.42 Å². The second kappa shape index (κ2) is 16.4. The van der Waals surface area contributed by atoms with Gasteiger partial charge in [-0.15, -0.1) is 0 Å². The summed E-state index contributed by atoms with van der Waals surface area (Å²) >= 11 is 0. The molecule has 0 bridgehead atoms. The van der Waals surface area contributed by atoms with Crippen molar-refractivity contribution in [1.82, 2.24) is 5.32 Å². The minimum atomic E-state index is -0.495. The summed E-state index contributed by atoms with van der Waals surface area (Å²) in [7, 11) is 0. The first-order valence-corrected chi connectivity index (χ1v) is 20.7. The average molecular weight is 769 g/mol. The smallest absolute Gasteiger partial charge is 0.101 e. The fraction of sp³-hybridized carbons (Fsp3) is 0.0345. The second-order valence-electron chi connectivity index (χ2n) is 15.4. The van der Waals surface area contributed by atoms with E-state index >= 15 is 0 Å². The number of hydrogen-bond donors (Lipinski definition) is 2. The summed E-state index contributed by atoms with van der Waals surface area (Å²) in [6.45, 7) is 0. The Morgan fingerprint density at radius 2 is 0.983 bits per heavy atom. The summed E-state index contributed by atoms with van der Waals surface area (Å²) in [4.78, 5) is 0. The molecule has 0 radical (unpaired) electrons. The molecule has 2 heteroatoms. The molecule has 2 nitrogen and oxygen atoms in total. The lowest BCUT2D eigenvalue weighted by Gasteiger charge is -2.23. The molecule has 10 aromatic rings. The highest BCUT2D eigenvalue weighted by Crippen LogP contribution is 2.42. The number of nitrogens with two attached hydrogens (primary N) is 1. The Hall–Kier alpha value is -7.52. The van der Waals surface area contributed by atoms with Crippen LogP contribution in [0, 0.1) is 0 Å². The maximum atomic E-state index is 7.31. The third-order valence-corrected chi connectivity index (χ3v) is 11.7. The molecule has 286 valence electrons. The number of benzene rings is 10. The molecule has 0 fully saturated rings. The molecule has 0 aromatic heterocycles. The molecule has 0 spiro atoms. The van der Waals surface area contributed by atoms with Gasteiger partial charge in [0.05, 0.1) is 0 Å². The van der Waals surface area contributed by atoms with Crippen molar-refractivity contribution in [2.75, 3.05) is 0 Å². The van der Waals surface area contributed by atoms with Gasteiger partial charge in [0.2, 0.25) is 0 Å². The molecule has 0 heterocycles. The van der Waals surface area contributed by atoms with Crippen LogP contribution in [0.4, 0.5) is 0 Å². The largest absolute Gasteiger partial charge is 0.366 e. The normalized spacial score (nSPS) is 12.2. The lowest BCUT2D eigenvalue weighted by Crippen LogP contribution is -2.28. The SMILES string of the molecule is NC(N/C(=C\Cc1ccccc1-c1ccccc1)c1cc(-c2ccccc2)cc(-c2c3ccccc3cc3c2ccc2ccccc23)c1)c1ccccc1-c1ccccc1. The van der Waals surface area contributed by atoms with Gasteiger partial charge in [-0.1, -0.05) is 206 Å². The Balaban J connectivity index is 1.19. The highest BCUT2D eigenvalue weighted by molar-refractivity contribution is 6.20. The summed E-state index contributed by atoms with van der Waals surface area (Å²) in [5.74, 6) is 0. The molecular weight excluding hydrogens is 725 g/mol. The van der Waals surface area contributed by atoms with Crippen molar-refractivity contribution in [3.05, 3.63) is 247 Å². The number of nitrogens with one attached hydrogen (secondary N) is 1. The second-order valence-corrected chi connectivity index (χ2v) is 15.4. The number of fused-ring (bicyclic) bond motifs is 4. The Kier molecular flexibility index (Phi) is 10.0. The van der Waals surface area contributed by atoms with E-state index in [-0.39, 0.29) is 0 Å². The first-order valence-electron chi connectivity index (χ1n) is 20.7. The van der Waals surface area contributed by atoms with Gasteiger partial charge in [-0.05, 0) is 124 Å². The molecule has 1 atom stereocenters. The van der Waals surface area contributed by atoms with E-state index in [4.69, 9.17) is 5.73 Å². The quantitative estimate of drug-likeness (QED) is 0.0826. The van der Waals surface area contributed by atoms with Crippen LogP contribution in [-0.2, 0) is 6.42 Å². The summed E-state index contributed by atoms with van der Waals surface area (Å²) in [6.07, 6.45) is 2.54. The zero-order chi connectivity index (χ0) is 40.3. The van der Waals surface area contributed by atoms with Crippen LogP contribution in [0.5, 0.6) is 0 Å². The van der Waals surface area contributed by atoms with Gasteiger partial charge in [-0.2, -0.15) is 0 Å². The number of allylic oxidation sites excluding steroid dienone is 1. The minimum Gasteiger partial charge on any atom is -0.366 e. The molecular formula is C58H44N2. The van der Waals surface area contributed by atoms with Crippen LogP contribution in [0.15, 0.2) is 231 Å². The van der Waals surface area contributed by atoms with E-state index in [1.807, 2.05) is 0 Å². The van der Waals surface area contributed by atoms with Crippen LogP contribution in [0.25, 0.3) is 82.5 Å². The summed E-state index contributed by atoms with van der Waals surface area (Å²) in [5.41, 5.74) is 21.0. The lowest BCUT2D eigenvalue weighted by molar-refractivity contribution is 0.667. The van der Waals surface area contributed by atoms with Crippen LogP contribution in [0.3, 0.4) is 0 Å². The lowest BCUT2D eigenvalue weighted by atomic mass is 9.87. The Morgan fingerprint density at radius 3 is 1.73 bits per heavy atom. The molecule has 10 aromatic carbocycles. The molecule has 3 N–H and O–H groups in total. The van der Waals surface area contributed by atoms with Crippen LogP contribution in [-0.4, -0.2) is 0 Å². The van der Waals surface area contributed by atoms with E-state index in [1.165, 1.54) is 54.6 Å². The van der Waals surface area contributed by atoms with E-state index in [1.54, 1.807) is 0 Å². The van der Waals surface area contributed by atoms with E-state index in [9.17, 15) is 0 Å². The number of hydrogen-bond acceptors (Lipinski definition) is 2. The Bertz CT molecular complexity index is 3150. The van der Waals surface area contributed by atoms with Gasteiger partial charge in [-0.3, -0.25) is 0 Å². The van der Waals surface area contributed by atoms with Gasteiger partial charge in [0.1, 0.15) is 6.17 Å². The molecule has 0 amide bonds. The van der Waals surface area contributed by atoms with Gasteiger partial charge < -0.3 is 11.1 Å². The molecule has 0 saturated heterocycles. The maximum absolute atomic E-state index is 7.31. The zero-order valence-electron chi connectivity index (χ0n) is 33.3. The summed E-state index contributed by atoms with van der Waals surface area (Å²) < 4.78 is 0. The van der Waals surface area contributed by atoms with Crippen molar-refractivity contribution in [3.63, 3.8) is 0 Å². The summed E-state index contributed by atoms with van der Waals surface area (Å²) in [5, 5.41) is 11.3. The standard InChI is InChI=1S/C58H44N2/c59-58(54-31-17-16-28-50(54)42-22-8-3-9-23-42)60-56(35-33-43-24-10-13-27-49(43)41-20-6-2-7-21-41)47-36-46(40-18-4-1-5-19-40)37-48(38-47)57-52-30-15-12-26-45(52)39-55-51-29-14-11-25-44(51)32-34-53(55)57/h1-32,34-39,58,60H,33,59H2/b56-35-. The molecule has 0 saturated carbocycles. The van der Waals surface area contributed by atoms with Gasteiger partial charge >= 0.3 is 0 Å². The fourth-order valence-electron chi connectivity index (χ4n) is 8.82.